The number of aryl methyl sites for hydroxylation is 1. The van der Waals surface area contributed by atoms with Crippen LogP contribution in [0.25, 0.3) is 0 Å². The number of carbonyl (C=O) groups is 2. The van der Waals surface area contributed by atoms with E-state index in [0.717, 1.165) is 5.56 Å². The molecule has 1 atom stereocenters. The van der Waals surface area contributed by atoms with Gasteiger partial charge in [-0.2, -0.15) is 0 Å². The van der Waals surface area contributed by atoms with E-state index < -0.39 is 5.97 Å². The first-order chi connectivity index (χ1) is 8.49. The highest BCUT2D eigenvalue weighted by Gasteiger charge is 2.13. The number of anilines is 1. The molecule has 1 rings (SSSR count). The summed E-state index contributed by atoms with van der Waals surface area (Å²) >= 11 is 0. The summed E-state index contributed by atoms with van der Waals surface area (Å²) in [6.45, 7) is 3.83. The van der Waals surface area contributed by atoms with Crippen LogP contribution >= 0.6 is 0 Å². The molecular formula is C13H18N2O3. The van der Waals surface area contributed by atoms with Gasteiger partial charge < -0.3 is 15.8 Å². The van der Waals surface area contributed by atoms with Gasteiger partial charge in [0, 0.05) is 18.2 Å². The van der Waals surface area contributed by atoms with Crippen LogP contribution in [0.1, 0.15) is 22.8 Å². The fourth-order valence-corrected chi connectivity index (χ4v) is 1.40. The number of esters is 1. The Morgan fingerprint density at radius 2 is 2.11 bits per heavy atom. The summed E-state index contributed by atoms with van der Waals surface area (Å²) in [5, 5.41) is 2.71. The number of nitrogens with one attached hydrogen (secondary N) is 1. The van der Waals surface area contributed by atoms with E-state index in [0.29, 0.717) is 11.3 Å². The molecule has 0 radical (unpaired) electrons. The van der Waals surface area contributed by atoms with Crippen LogP contribution in [0.3, 0.4) is 0 Å². The average Bonchev–Trinajstić information content (AvgIpc) is 2.38. The normalized spacial score (nSPS) is 11.8. The van der Waals surface area contributed by atoms with Gasteiger partial charge in [0.05, 0.1) is 12.7 Å². The summed E-state index contributed by atoms with van der Waals surface area (Å²) in [5.74, 6) is -0.861. The summed E-state index contributed by atoms with van der Waals surface area (Å²) in [4.78, 5) is 23.2. The van der Waals surface area contributed by atoms with Crippen LogP contribution in [0.5, 0.6) is 0 Å². The first kappa shape index (κ1) is 14.2. The molecule has 1 aromatic carbocycles. The molecule has 0 heterocycles. The zero-order valence-electron chi connectivity index (χ0n) is 10.8. The first-order valence-corrected chi connectivity index (χ1v) is 5.69. The molecule has 0 saturated heterocycles. The minimum atomic E-state index is -0.421. The van der Waals surface area contributed by atoms with Crippen molar-refractivity contribution < 1.29 is 14.3 Å². The van der Waals surface area contributed by atoms with Crippen molar-refractivity contribution in [1.29, 1.82) is 0 Å². The molecule has 1 aromatic rings. The smallest absolute Gasteiger partial charge is 0.338 e. The molecule has 0 bridgehead atoms. The van der Waals surface area contributed by atoms with Crippen molar-refractivity contribution in [3.05, 3.63) is 29.3 Å². The topological polar surface area (TPSA) is 81.4 Å². The number of amides is 1. The molecule has 1 unspecified atom stereocenters. The van der Waals surface area contributed by atoms with E-state index in [9.17, 15) is 9.59 Å². The van der Waals surface area contributed by atoms with Gasteiger partial charge in [-0.25, -0.2) is 4.79 Å². The highest BCUT2D eigenvalue weighted by molar-refractivity contribution is 5.96. The monoisotopic (exact) mass is 250 g/mol. The second kappa shape index (κ2) is 6.16. The Hall–Kier alpha value is -1.88. The standard InChI is InChI=1S/C13H18N2O3/c1-8-4-5-10(6-11(8)13(17)18-3)15-12(16)9(2)7-14/h4-6,9H,7,14H2,1-3H3,(H,15,16). The zero-order valence-corrected chi connectivity index (χ0v) is 10.8. The van der Waals surface area contributed by atoms with Crippen molar-refractivity contribution in [2.24, 2.45) is 11.7 Å². The third-order valence-corrected chi connectivity index (χ3v) is 2.71. The Bertz CT molecular complexity index is 458. The Balaban J connectivity index is 2.92. The third-order valence-electron chi connectivity index (χ3n) is 2.71. The molecule has 0 spiro atoms. The molecule has 98 valence electrons. The fraction of sp³-hybridized carbons (Fsp3) is 0.385. The van der Waals surface area contributed by atoms with Crippen LogP contribution in [0.4, 0.5) is 5.69 Å². The molecule has 0 aliphatic heterocycles. The number of hydrogen-bond acceptors (Lipinski definition) is 4. The number of hydrogen-bond donors (Lipinski definition) is 2. The highest BCUT2D eigenvalue weighted by atomic mass is 16.5. The molecule has 0 aliphatic carbocycles. The van der Waals surface area contributed by atoms with Gasteiger partial charge in [0.15, 0.2) is 0 Å². The van der Waals surface area contributed by atoms with Crippen LogP contribution < -0.4 is 11.1 Å². The average molecular weight is 250 g/mol. The third kappa shape index (κ3) is 3.30. The van der Waals surface area contributed by atoms with E-state index in [1.54, 1.807) is 32.0 Å². The van der Waals surface area contributed by atoms with Crippen molar-refractivity contribution in [2.45, 2.75) is 13.8 Å². The number of ether oxygens (including phenoxy) is 1. The van der Waals surface area contributed by atoms with E-state index in [2.05, 4.69) is 10.1 Å². The lowest BCUT2D eigenvalue weighted by Crippen LogP contribution is -2.26. The Labute approximate surface area is 106 Å². The minimum Gasteiger partial charge on any atom is -0.465 e. The predicted molar refractivity (Wildman–Crippen MR) is 69.4 cm³/mol. The molecule has 0 fully saturated rings. The van der Waals surface area contributed by atoms with Gasteiger partial charge in [0.2, 0.25) is 5.91 Å². The minimum absolute atomic E-state index is 0.169. The first-order valence-electron chi connectivity index (χ1n) is 5.69. The number of rotatable bonds is 4. The van der Waals surface area contributed by atoms with E-state index in [-0.39, 0.29) is 18.4 Å². The second-order valence-corrected chi connectivity index (χ2v) is 4.15. The number of methoxy groups -OCH3 is 1. The van der Waals surface area contributed by atoms with Gasteiger partial charge in [-0.05, 0) is 24.6 Å². The maximum Gasteiger partial charge on any atom is 0.338 e. The van der Waals surface area contributed by atoms with Crippen molar-refractivity contribution in [2.75, 3.05) is 19.0 Å². The molecule has 0 aliphatic rings. The second-order valence-electron chi connectivity index (χ2n) is 4.15. The van der Waals surface area contributed by atoms with E-state index >= 15 is 0 Å². The molecule has 18 heavy (non-hydrogen) atoms. The predicted octanol–water partition coefficient (Wildman–Crippen LogP) is 1.31. The van der Waals surface area contributed by atoms with Crippen LogP contribution in [0.2, 0.25) is 0 Å². The van der Waals surface area contributed by atoms with Crippen LogP contribution in [0, 0.1) is 12.8 Å². The molecule has 3 N–H and O–H groups in total. The maximum absolute atomic E-state index is 11.7. The maximum atomic E-state index is 11.7. The largest absolute Gasteiger partial charge is 0.465 e. The molecule has 0 saturated carbocycles. The van der Waals surface area contributed by atoms with Crippen LogP contribution in [0.15, 0.2) is 18.2 Å². The lowest BCUT2D eigenvalue weighted by molar-refractivity contribution is -0.119. The van der Waals surface area contributed by atoms with Gasteiger partial charge in [0.1, 0.15) is 0 Å². The summed E-state index contributed by atoms with van der Waals surface area (Å²) in [6.07, 6.45) is 0. The highest BCUT2D eigenvalue weighted by Crippen LogP contribution is 2.16. The van der Waals surface area contributed by atoms with Crippen molar-refractivity contribution in [3.8, 4) is 0 Å². The molecule has 1 amide bonds. The lowest BCUT2D eigenvalue weighted by Gasteiger charge is -2.11. The molecule has 5 nitrogen and oxygen atoms in total. The number of nitrogens with two attached hydrogens (primary N) is 1. The number of carbonyl (C=O) groups excluding carboxylic acids is 2. The summed E-state index contributed by atoms with van der Waals surface area (Å²) in [7, 11) is 1.32. The van der Waals surface area contributed by atoms with Gasteiger partial charge in [-0.15, -0.1) is 0 Å². The zero-order chi connectivity index (χ0) is 13.7. The van der Waals surface area contributed by atoms with Gasteiger partial charge in [-0.3, -0.25) is 4.79 Å². The van der Waals surface area contributed by atoms with Gasteiger partial charge in [-0.1, -0.05) is 13.0 Å². The van der Waals surface area contributed by atoms with E-state index in [1.165, 1.54) is 7.11 Å². The molecule has 0 aromatic heterocycles. The fourth-order valence-electron chi connectivity index (χ4n) is 1.40. The summed E-state index contributed by atoms with van der Waals surface area (Å²) < 4.78 is 4.67. The van der Waals surface area contributed by atoms with Gasteiger partial charge in [0.25, 0.3) is 0 Å². The summed E-state index contributed by atoms with van der Waals surface area (Å²) in [5.41, 5.74) is 7.22. The summed E-state index contributed by atoms with van der Waals surface area (Å²) in [6, 6.07) is 5.10. The van der Waals surface area contributed by atoms with Gasteiger partial charge >= 0.3 is 5.97 Å². The van der Waals surface area contributed by atoms with Crippen molar-refractivity contribution >= 4 is 17.6 Å². The Kier molecular flexibility index (Phi) is 4.85. The number of benzene rings is 1. The Morgan fingerprint density at radius 3 is 2.67 bits per heavy atom. The van der Waals surface area contributed by atoms with E-state index in [4.69, 9.17) is 5.73 Å². The quantitative estimate of drug-likeness (QED) is 0.789. The molecule has 5 heteroatoms. The molecular weight excluding hydrogens is 232 g/mol. The van der Waals surface area contributed by atoms with E-state index in [1.807, 2.05) is 0 Å². The van der Waals surface area contributed by atoms with Crippen molar-refractivity contribution in [1.82, 2.24) is 0 Å². The SMILES string of the molecule is COC(=O)c1cc(NC(=O)C(C)CN)ccc1C. The lowest BCUT2D eigenvalue weighted by atomic mass is 10.1. The van der Waals surface area contributed by atoms with Crippen molar-refractivity contribution in [3.63, 3.8) is 0 Å². The van der Waals surface area contributed by atoms with Crippen LogP contribution in [-0.2, 0) is 9.53 Å². The Morgan fingerprint density at radius 1 is 1.44 bits per heavy atom. The van der Waals surface area contributed by atoms with Crippen LogP contribution in [-0.4, -0.2) is 25.5 Å².